The summed E-state index contributed by atoms with van der Waals surface area (Å²) in [6, 6.07) is 11.9. The topological polar surface area (TPSA) is 72.5 Å². The number of hydrogen-bond acceptors (Lipinski definition) is 4. The minimum atomic E-state index is -0.454. The second-order valence-corrected chi connectivity index (χ2v) is 3.84. The Morgan fingerprint density at radius 1 is 1.11 bits per heavy atom. The standard InChI is InChI=1S/C14H13NO3/c1-18-14(17)12-7-4-10(8-13(12)15)9-2-5-11(16)6-3-9/h2-8,16H,15H2,1H3. The Kier molecular flexibility index (Phi) is 3.19. The molecule has 2 aromatic rings. The van der Waals surface area contributed by atoms with E-state index in [2.05, 4.69) is 4.74 Å². The Morgan fingerprint density at radius 2 is 1.72 bits per heavy atom. The number of rotatable bonds is 2. The molecule has 4 nitrogen and oxygen atoms in total. The number of benzene rings is 2. The highest BCUT2D eigenvalue weighted by atomic mass is 16.5. The van der Waals surface area contributed by atoms with Gasteiger partial charge < -0.3 is 15.6 Å². The molecule has 0 aromatic heterocycles. The minimum Gasteiger partial charge on any atom is -0.508 e. The summed E-state index contributed by atoms with van der Waals surface area (Å²) < 4.78 is 4.63. The van der Waals surface area contributed by atoms with Crippen molar-refractivity contribution in [1.29, 1.82) is 0 Å². The van der Waals surface area contributed by atoms with Crippen molar-refractivity contribution in [2.24, 2.45) is 0 Å². The van der Waals surface area contributed by atoms with Gasteiger partial charge in [0.25, 0.3) is 0 Å². The first-order valence-corrected chi connectivity index (χ1v) is 5.39. The van der Waals surface area contributed by atoms with Crippen LogP contribution in [0.5, 0.6) is 5.75 Å². The molecular formula is C14H13NO3. The second kappa shape index (κ2) is 4.79. The van der Waals surface area contributed by atoms with Gasteiger partial charge in [-0.15, -0.1) is 0 Å². The lowest BCUT2D eigenvalue weighted by atomic mass is 10.0. The normalized spacial score (nSPS) is 10.1. The predicted molar refractivity (Wildman–Crippen MR) is 69.3 cm³/mol. The number of phenolic OH excluding ortho intramolecular Hbond substituents is 1. The van der Waals surface area contributed by atoms with E-state index in [0.717, 1.165) is 11.1 Å². The number of carbonyl (C=O) groups excluding carboxylic acids is 1. The van der Waals surface area contributed by atoms with Gasteiger partial charge in [-0.05, 0) is 35.4 Å². The van der Waals surface area contributed by atoms with Crippen molar-refractivity contribution in [3.63, 3.8) is 0 Å². The lowest BCUT2D eigenvalue weighted by Gasteiger charge is -2.07. The van der Waals surface area contributed by atoms with Crippen molar-refractivity contribution in [2.45, 2.75) is 0 Å². The van der Waals surface area contributed by atoms with E-state index in [1.807, 2.05) is 0 Å². The Hall–Kier alpha value is -2.49. The third-order valence-electron chi connectivity index (χ3n) is 2.66. The molecular weight excluding hydrogens is 230 g/mol. The monoisotopic (exact) mass is 243 g/mol. The van der Waals surface area contributed by atoms with Gasteiger partial charge in [-0.3, -0.25) is 0 Å². The Morgan fingerprint density at radius 3 is 2.28 bits per heavy atom. The maximum Gasteiger partial charge on any atom is 0.339 e. The van der Waals surface area contributed by atoms with Crippen molar-refractivity contribution < 1.29 is 14.6 Å². The van der Waals surface area contributed by atoms with E-state index < -0.39 is 5.97 Å². The van der Waals surface area contributed by atoms with E-state index in [1.54, 1.807) is 42.5 Å². The van der Waals surface area contributed by atoms with Crippen LogP contribution in [-0.2, 0) is 4.74 Å². The van der Waals surface area contributed by atoms with Crippen LogP contribution in [0.2, 0.25) is 0 Å². The third-order valence-corrected chi connectivity index (χ3v) is 2.66. The highest BCUT2D eigenvalue weighted by Crippen LogP contribution is 2.25. The number of nitrogen functional groups attached to an aromatic ring is 1. The van der Waals surface area contributed by atoms with Crippen LogP contribution >= 0.6 is 0 Å². The molecule has 0 saturated heterocycles. The molecule has 0 fully saturated rings. The van der Waals surface area contributed by atoms with Crippen LogP contribution in [0.15, 0.2) is 42.5 Å². The van der Waals surface area contributed by atoms with Crippen LogP contribution in [0, 0.1) is 0 Å². The van der Waals surface area contributed by atoms with Gasteiger partial charge in [0, 0.05) is 5.69 Å². The zero-order valence-corrected chi connectivity index (χ0v) is 9.88. The zero-order valence-electron chi connectivity index (χ0n) is 9.88. The first-order chi connectivity index (χ1) is 8.61. The quantitative estimate of drug-likeness (QED) is 0.627. The molecule has 0 aliphatic carbocycles. The van der Waals surface area contributed by atoms with Crippen LogP contribution in [0.1, 0.15) is 10.4 Å². The fourth-order valence-corrected chi connectivity index (χ4v) is 1.69. The van der Waals surface area contributed by atoms with Crippen LogP contribution < -0.4 is 5.73 Å². The Labute approximate surface area is 105 Å². The van der Waals surface area contributed by atoms with Crippen molar-refractivity contribution in [2.75, 3.05) is 12.8 Å². The summed E-state index contributed by atoms with van der Waals surface area (Å²) in [5, 5.41) is 9.22. The number of nitrogens with two attached hydrogens (primary N) is 1. The summed E-state index contributed by atoms with van der Waals surface area (Å²) in [5.41, 5.74) is 8.32. The third kappa shape index (κ3) is 2.27. The van der Waals surface area contributed by atoms with Crippen molar-refractivity contribution in [3.05, 3.63) is 48.0 Å². The Bertz CT molecular complexity index is 576. The SMILES string of the molecule is COC(=O)c1ccc(-c2ccc(O)cc2)cc1N. The zero-order chi connectivity index (χ0) is 13.1. The average molecular weight is 243 g/mol. The van der Waals surface area contributed by atoms with E-state index in [1.165, 1.54) is 7.11 Å². The van der Waals surface area contributed by atoms with Gasteiger partial charge in [0.2, 0.25) is 0 Å². The van der Waals surface area contributed by atoms with Gasteiger partial charge in [0.05, 0.1) is 12.7 Å². The number of ether oxygens (including phenoxy) is 1. The summed E-state index contributed by atoms with van der Waals surface area (Å²) in [7, 11) is 1.32. The van der Waals surface area contributed by atoms with E-state index in [0.29, 0.717) is 11.3 Å². The number of carbonyl (C=O) groups is 1. The van der Waals surface area contributed by atoms with Gasteiger partial charge in [-0.25, -0.2) is 4.79 Å². The number of hydrogen-bond donors (Lipinski definition) is 2. The second-order valence-electron chi connectivity index (χ2n) is 3.84. The van der Waals surface area contributed by atoms with Crippen molar-refractivity contribution >= 4 is 11.7 Å². The fourth-order valence-electron chi connectivity index (χ4n) is 1.69. The molecule has 0 aliphatic rings. The molecule has 0 radical (unpaired) electrons. The van der Waals surface area contributed by atoms with E-state index >= 15 is 0 Å². The number of phenols is 1. The first-order valence-electron chi connectivity index (χ1n) is 5.39. The maximum atomic E-state index is 11.4. The fraction of sp³-hybridized carbons (Fsp3) is 0.0714. The van der Waals surface area contributed by atoms with E-state index in [-0.39, 0.29) is 5.75 Å². The molecule has 3 N–H and O–H groups in total. The molecule has 0 amide bonds. The van der Waals surface area contributed by atoms with Gasteiger partial charge >= 0.3 is 5.97 Å². The molecule has 0 atom stereocenters. The summed E-state index contributed by atoms with van der Waals surface area (Å²) in [5.74, 6) is -0.248. The van der Waals surface area contributed by atoms with E-state index in [9.17, 15) is 9.90 Å². The van der Waals surface area contributed by atoms with Gasteiger partial charge in [-0.1, -0.05) is 18.2 Å². The summed E-state index contributed by atoms with van der Waals surface area (Å²) in [4.78, 5) is 11.4. The highest BCUT2D eigenvalue weighted by Gasteiger charge is 2.10. The molecule has 18 heavy (non-hydrogen) atoms. The molecule has 92 valence electrons. The predicted octanol–water partition coefficient (Wildman–Crippen LogP) is 2.43. The molecule has 0 unspecified atom stereocenters. The lowest BCUT2D eigenvalue weighted by Crippen LogP contribution is -2.05. The summed E-state index contributed by atoms with van der Waals surface area (Å²) >= 11 is 0. The Balaban J connectivity index is 2.40. The molecule has 2 rings (SSSR count). The molecule has 4 heteroatoms. The number of methoxy groups -OCH3 is 1. The molecule has 0 aliphatic heterocycles. The van der Waals surface area contributed by atoms with Crippen LogP contribution in [-0.4, -0.2) is 18.2 Å². The average Bonchev–Trinajstić information content (AvgIpc) is 2.38. The van der Waals surface area contributed by atoms with Gasteiger partial charge in [-0.2, -0.15) is 0 Å². The molecule has 2 aromatic carbocycles. The summed E-state index contributed by atoms with van der Waals surface area (Å²) in [6.45, 7) is 0. The van der Waals surface area contributed by atoms with Crippen molar-refractivity contribution in [3.8, 4) is 16.9 Å². The van der Waals surface area contributed by atoms with Crippen molar-refractivity contribution in [1.82, 2.24) is 0 Å². The number of esters is 1. The molecule has 0 saturated carbocycles. The largest absolute Gasteiger partial charge is 0.508 e. The van der Waals surface area contributed by atoms with Crippen LogP contribution in [0.25, 0.3) is 11.1 Å². The van der Waals surface area contributed by atoms with Crippen LogP contribution in [0.4, 0.5) is 5.69 Å². The lowest BCUT2D eigenvalue weighted by molar-refractivity contribution is 0.0602. The molecule has 0 heterocycles. The summed E-state index contributed by atoms with van der Waals surface area (Å²) in [6.07, 6.45) is 0. The van der Waals surface area contributed by atoms with Crippen LogP contribution in [0.3, 0.4) is 0 Å². The van der Waals surface area contributed by atoms with Gasteiger partial charge in [0.1, 0.15) is 5.75 Å². The minimum absolute atomic E-state index is 0.206. The molecule has 0 bridgehead atoms. The maximum absolute atomic E-state index is 11.4. The van der Waals surface area contributed by atoms with Gasteiger partial charge in [0.15, 0.2) is 0 Å². The van der Waals surface area contributed by atoms with E-state index in [4.69, 9.17) is 5.73 Å². The first kappa shape index (κ1) is 12.0. The number of aromatic hydroxyl groups is 1. The smallest absolute Gasteiger partial charge is 0.339 e. The number of anilines is 1. The highest BCUT2D eigenvalue weighted by molar-refractivity contribution is 5.96. The molecule has 0 spiro atoms.